The summed E-state index contributed by atoms with van der Waals surface area (Å²) >= 11 is 0. The molecule has 2 aromatic rings. The molecule has 4 nitrogen and oxygen atoms in total. The average Bonchev–Trinajstić information content (AvgIpc) is 3.04. The van der Waals surface area contributed by atoms with E-state index in [2.05, 4.69) is 34.1 Å². The smallest absolute Gasteiger partial charge is 0.0624 e. The van der Waals surface area contributed by atoms with Gasteiger partial charge in [-0.2, -0.15) is 0 Å². The van der Waals surface area contributed by atoms with E-state index in [0.717, 1.165) is 19.3 Å². The maximum absolute atomic E-state index is 10.0. The van der Waals surface area contributed by atoms with Crippen molar-refractivity contribution in [3.63, 3.8) is 0 Å². The molecule has 2 aliphatic heterocycles. The van der Waals surface area contributed by atoms with Gasteiger partial charge in [-0.25, -0.2) is 0 Å². The molecule has 2 N–H and O–H groups in total. The Kier molecular flexibility index (Phi) is 3.88. The number of rotatable bonds is 2. The third-order valence-corrected chi connectivity index (χ3v) is 7.20. The van der Waals surface area contributed by atoms with Crippen LogP contribution in [0.2, 0.25) is 0 Å². The number of aliphatic hydroxyl groups excluding tert-OH is 1. The highest BCUT2D eigenvalue weighted by Gasteiger charge is 2.46. The fraction of sp³-hybridized carbons (Fsp3) is 0.619. The predicted molar refractivity (Wildman–Crippen MR) is 98.5 cm³/mol. The summed E-state index contributed by atoms with van der Waals surface area (Å²) in [5.41, 5.74) is 4.23. The quantitative estimate of drug-likeness (QED) is 0.883. The van der Waals surface area contributed by atoms with Crippen LogP contribution in [0, 0.1) is 17.8 Å². The lowest BCUT2D eigenvalue weighted by atomic mass is 9.65. The van der Waals surface area contributed by atoms with Crippen molar-refractivity contribution >= 4 is 10.9 Å². The number of methoxy groups -OCH3 is 1. The number of hydrogen-bond acceptors (Lipinski definition) is 3. The summed E-state index contributed by atoms with van der Waals surface area (Å²) in [4.78, 5) is 6.43. The van der Waals surface area contributed by atoms with Gasteiger partial charge in [0.1, 0.15) is 0 Å². The van der Waals surface area contributed by atoms with Crippen LogP contribution in [-0.4, -0.2) is 47.9 Å². The average molecular weight is 340 g/mol. The molecule has 0 bridgehead atoms. The Balaban J connectivity index is 1.51. The predicted octanol–water partition coefficient (Wildman–Crippen LogP) is 3.12. The molecular formula is C21H28N2O2. The number of benzene rings is 1. The van der Waals surface area contributed by atoms with Gasteiger partial charge >= 0.3 is 0 Å². The van der Waals surface area contributed by atoms with Crippen LogP contribution in [0.4, 0.5) is 0 Å². The molecule has 0 radical (unpaired) electrons. The second-order valence-corrected chi connectivity index (χ2v) is 8.18. The van der Waals surface area contributed by atoms with E-state index in [4.69, 9.17) is 4.74 Å². The van der Waals surface area contributed by atoms with Crippen LogP contribution in [0.25, 0.3) is 10.9 Å². The maximum Gasteiger partial charge on any atom is 0.0624 e. The Morgan fingerprint density at radius 3 is 3.00 bits per heavy atom. The summed E-state index contributed by atoms with van der Waals surface area (Å²) in [6, 6.07) is 9.19. The molecule has 0 unspecified atom stereocenters. The fourth-order valence-corrected chi connectivity index (χ4v) is 5.98. The van der Waals surface area contributed by atoms with Crippen molar-refractivity contribution in [1.29, 1.82) is 0 Å². The van der Waals surface area contributed by atoms with Gasteiger partial charge < -0.3 is 14.8 Å². The Bertz CT molecular complexity index is 770. The number of aromatic nitrogens is 1. The van der Waals surface area contributed by atoms with Gasteiger partial charge in [0.15, 0.2) is 0 Å². The summed E-state index contributed by atoms with van der Waals surface area (Å²) in [5.74, 6) is 1.58. The van der Waals surface area contributed by atoms with Crippen molar-refractivity contribution in [3.8, 4) is 0 Å². The third kappa shape index (κ3) is 2.38. The minimum absolute atomic E-state index is 0.226. The molecule has 5 rings (SSSR count). The number of hydrogen-bond donors (Lipinski definition) is 2. The first kappa shape index (κ1) is 15.9. The number of fused-ring (bicyclic) bond motifs is 6. The van der Waals surface area contributed by atoms with Crippen LogP contribution in [0.5, 0.6) is 0 Å². The lowest BCUT2D eigenvalue weighted by Gasteiger charge is -2.52. The monoisotopic (exact) mass is 340 g/mol. The van der Waals surface area contributed by atoms with Crippen LogP contribution in [-0.2, 0) is 11.2 Å². The van der Waals surface area contributed by atoms with Gasteiger partial charge in [-0.15, -0.1) is 0 Å². The first-order chi connectivity index (χ1) is 12.3. The van der Waals surface area contributed by atoms with Gasteiger partial charge in [0.05, 0.1) is 12.1 Å². The molecular weight excluding hydrogens is 312 g/mol. The summed E-state index contributed by atoms with van der Waals surface area (Å²) in [6.45, 7) is 2.60. The van der Waals surface area contributed by atoms with Gasteiger partial charge in [0.2, 0.25) is 0 Å². The third-order valence-electron chi connectivity index (χ3n) is 7.20. The van der Waals surface area contributed by atoms with Crippen molar-refractivity contribution in [2.45, 2.75) is 37.8 Å². The van der Waals surface area contributed by atoms with E-state index in [9.17, 15) is 5.11 Å². The molecule has 1 saturated carbocycles. The lowest BCUT2D eigenvalue weighted by molar-refractivity contribution is -0.0866. The first-order valence-electron chi connectivity index (χ1n) is 9.77. The molecule has 1 aromatic carbocycles. The number of piperidine rings is 1. The van der Waals surface area contributed by atoms with E-state index in [1.165, 1.54) is 41.7 Å². The van der Waals surface area contributed by atoms with Gasteiger partial charge in [-0.3, -0.25) is 4.90 Å². The van der Waals surface area contributed by atoms with E-state index in [-0.39, 0.29) is 12.7 Å². The lowest BCUT2D eigenvalue weighted by Crippen LogP contribution is -2.52. The number of aromatic amines is 1. The van der Waals surface area contributed by atoms with Crippen LogP contribution < -0.4 is 0 Å². The molecule has 1 aromatic heterocycles. The molecule has 134 valence electrons. The summed E-state index contributed by atoms with van der Waals surface area (Å²) in [7, 11) is 1.80. The van der Waals surface area contributed by atoms with E-state index in [0.29, 0.717) is 23.8 Å². The van der Waals surface area contributed by atoms with E-state index < -0.39 is 0 Å². The highest BCUT2D eigenvalue weighted by Crippen LogP contribution is 2.49. The topological polar surface area (TPSA) is 48.5 Å². The van der Waals surface area contributed by atoms with Crippen LogP contribution in [0.3, 0.4) is 0 Å². The van der Waals surface area contributed by atoms with Crippen LogP contribution >= 0.6 is 0 Å². The van der Waals surface area contributed by atoms with E-state index >= 15 is 0 Å². The number of nitrogens with one attached hydrogen (secondary N) is 1. The zero-order valence-electron chi connectivity index (χ0n) is 14.9. The number of aliphatic hydroxyl groups is 1. The summed E-state index contributed by atoms with van der Waals surface area (Å²) < 4.78 is 5.72. The molecule has 2 fully saturated rings. The Labute approximate surface area is 149 Å². The molecule has 4 heteroatoms. The SMILES string of the molecule is CO[C@@H]1CC[C@@H]2CN3CCc4c([nH]c5ccccc45)[C@@H]3C[C@H]2[C@H]1CO. The van der Waals surface area contributed by atoms with Crippen molar-refractivity contribution in [2.24, 2.45) is 17.8 Å². The number of para-hydroxylation sites is 1. The summed E-state index contributed by atoms with van der Waals surface area (Å²) in [6.07, 6.45) is 4.86. The van der Waals surface area contributed by atoms with Crippen LogP contribution in [0.15, 0.2) is 24.3 Å². The Morgan fingerprint density at radius 2 is 2.16 bits per heavy atom. The molecule has 5 atom stereocenters. The molecule has 3 aliphatic rings. The molecule has 25 heavy (non-hydrogen) atoms. The first-order valence-corrected chi connectivity index (χ1v) is 9.77. The maximum atomic E-state index is 10.0. The van der Waals surface area contributed by atoms with Crippen molar-refractivity contribution < 1.29 is 9.84 Å². The summed E-state index contributed by atoms with van der Waals surface area (Å²) in [5, 5.41) is 11.4. The van der Waals surface area contributed by atoms with Crippen molar-refractivity contribution in [3.05, 3.63) is 35.5 Å². The second kappa shape index (κ2) is 6.11. The zero-order valence-corrected chi connectivity index (χ0v) is 14.9. The van der Waals surface area contributed by atoms with Gasteiger partial charge in [0, 0.05) is 49.3 Å². The van der Waals surface area contributed by atoms with Crippen molar-refractivity contribution in [2.75, 3.05) is 26.8 Å². The Morgan fingerprint density at radius 1 is 1.28 bits per heavy atom. The highest BCUT2D eigenvalue weighted by atomic mass is 16.5. The number of nitrogens with zero attached hydrogens (tertiary/aromatic N) is 1. The van der Waals surface area contributed by atoms with Gasteiger partial charge in [0.25, 0.3) is 0 Å². The second-order valence-electron chi connectivity index (χ2n) is 8.18. The van der Waals surface area contributed by atoms with E-state index in [1.807, 2.05) is 0 Å². The molecule has 3 heterocycles. The van der Waals surface area contributed by atoms with Gasteiger partial charge in [-0.05, 0) is 49.1 Å². The Hall–Kier alpha value is -1.36. The van der Waals surface area contributed by atoms with Crippen LogP contribution in [0.1, 0.15) is 36.6 Å². The molecule has 1 saturated heterocycles. The largest absolute Gasteiger partial charge is 0.396 e. The molecule has 1 aliphatic carbocycles. The highest BCUT2D eigenvalue weighted by molar-refractivity contribution is 5.85. The number of ether oxygens (including phenoxy) is 1. The zero-order chi connectivity index (χ0) is 17.0. The standard InChI is InChI=1S/C21H28N2O2/c1-25-20-7-6-13-11-23-9-8-15-14-4-2-3-5-18(14)22-21(15)19(23)10-16(13)17(20)12-24/h2-5,13,16-17,19-20,22,24H,6-12H2,1H3/t13-,16-,17-,19+,20-/m1/s1. The fourth-order valence-electron chi connectivity index (χ4n) is 5.98. The van der Waals surface area contributed by atoms with Gasteiger partial charge in [-0.1, -0.05) is 18.2 Å². The minimum atomic E-state index is 0.226. The van der Waals surface area contributed by atoms with Crippen molar-refractivity contribution in [1.82, 2.24) is 9.88 Å². The molecule has 0 amide bonds. The number of H-pyrrole nitrogens is 1. The molecule has 0 spiro atoms. The normalized spacial score (nSPS) is 35.2. The van der Waals surface area contributed by atoms with E-state index in [1.54, 1.807) is 7.11 Å². The minimum Gasteiger partial charge on any atom is -0.396 e.